The number of nitrogens with zero attached hydrogens (tertiary/aromatic N) is 1. The maximum Gasteiger partial charge on any atom is 0.260 e. The highest BCUT2D eigenvalue weighted by atomic mass is 16.5. The second-order valence-electron chi connectivity index (χ2n) is 5.41. The number of ether oxygens (including phenoxy) is 1. The Morgan fingerprint density at radius 2 is 2.22 bits per heavy atom. The molecule has 23 heavy (non-hydrogen) atoms. The van der Waals surface area contributed by atoms with E-state index in [0.717, 1.165) is 17.5 Å². The van der Waals surface area contributed by atoms with Crippen LogP contribution in [0, 0.1) is 6.92 Å². The SMILES string of the molecule is Cc1cnccc1CCNC(=O)C(C)Oc1cccc(CO)c1. The first-order valence-electron chi connectivity index (χ1n) is 7.64. The smallest absolute Gasteiger partial charge is 0.260 e. The Hall–Kier alpha value is -2.40. The molecular weight excluding hydrogens is 292 g/mol. The largest absolute Gasteiger partial charge is 0.481 e. The van der Waals surface area contributed by atoms with E-state index >= 15 is 0 Å². The molecule has 0 aliphatic carbocycles. The summed E-state index contributed by atoms with van der Waals surface area (Å²) in [7, 11) is 0. The summed E-state index contributed by atoms with van der Waals surface area (Å²) in [5.74, 6) is 0.412. The van der Waals surface area contributed by atoms with E-state index < -0.39 is 6.10 Å². The monoisotopic (exact) mass is 314 g/mol. The average molecular weight is 314 g/mol. The highest BCUT2D eigenvalue weighted by molar-refractivity contribution is 5.80. The number of aliphatic hydroxyl groups is 1. The lowest BCUT2D eigenvalue weighted by atomic mass is 10.1. The highest BCUT2D eigenvalue weighted by Gasteiger charge is 2.14. The van der Waals surface area contributed by atoms with Gasteiger partial charge in [0.05, 0.1) is 6.61 Å². The summed E-state index contributed by atoms with van der Waals surface area (Å²) < 4.78 is 5.61. The number of aryl methyl sites for hydroxylation is 1. The van der Waals surface area contributed by atoms with E-state index in [1.54, 1.807) is 37.4 Å². The van der Waals surface area contributed by atoms with E-state index in [9.17, 15) is 4.79 Å². The van der Waals surface area contributed by atoms with Crippen molar-refractivity contribution in [2.45, 2.75) is 33.0 Å². The molecule has 122 valence electrons. The molecule has 0 fully saturated rings. The van der Waals surface area contributed by atoms with Crippen molar-refractivity contribution in [2.24, 2.45) is 0 Å². The first kappa shape index (κ1) is 17.0. The molecule has 0 saturated heterocycles. The number of pyridine rings is 1. The van der Waals surface area contributed by atoms with Crippen LogP contribution in [0.15, 0.2) is 42.7 Å². The van der Waals surface area contributed by atoms with Gasteiger partial charge in [-0.1, -0.05) is 12.1 Å². The van der Waals surface area contributed by atoms with Crippen LogP contribution in [-0.2, 0) is 17.8 Å². The van der Waals surface area contributed by atoms with E-state index in [-0.39, 0.29) is 12.5 Å². The third-order valence-electron chi connectivity index (χ3n) is 3.59. The third-order valence-corrected chi connectivity index (χ3v) is 3.59. The number of aromatic nitrogens is 1. The summed E-state index contributed by atoms with van der Waals surface area (Å²) in [6.45, 7) is 4.21. The van der Waals surface area contributed by atoms with Gasteiger partial charge in [0.15, 0.2) is 6.10 Å². The fourth-order valence-corrected chi connectivity index (χ4v) is 2.22. The van der Waals surface area contributed by atoms with Gasteiger partial charge in [-0.05, 0) is 55.2 Å². The van der Waals surface area contributed by atoms with E-state index in [0.29, 0.717) is 12.3 Å². The second kappa shape index (κ2) is 8.29. The molecule has 0 radical (unpaired) electrons. The number of nitrogens with one attached hydrogen (secondary N) is 1. The van der Waals surface area contributed by atoms with Gasteiger partial charge in [0, 0.05) is 18.9 Å². The minimum absolute atomic E-state index is 0.0525. The van der Waals surface area contributed by atoms with Gasteiger partial charge in [-0.3, -0.25) is 9.78 Å². The van der Waals surface area contributed by atoms with Gasteiger partial charge in [-0.2, -0.15) is 0 Å². The Labute approximate surface area is 136 Å². The molecule has 2 N–H and O–H groups in total. The molecule has 0 spiro atoms. The normalized spacial score (nSPS) is 11.8. The summed E-state index contributed by atoms with van der Waals surface area (Å²) in [6.07, 6.45) is 3.73. The van der Waals surface area contributed by atoms with Crippen LogP contribution in [-0.4, -0.2) is 28.6 Å². The predicted molar refractivity (Wildman–Crippen MR) is 88.1 cm³/mol. The van der Waals surface area contributed by atoms with Gasteiger partial charge in [0.1, 0.15) is 5.75 Å². The van der Waals surface area contributed by atoms with Crippen LogP contribution in [0.3, 0.4) is 0 Å². The lowest BCUT2D eigenvalue weighted by Crippen LogP contribution is -2.37. The molecule has 1 unspecified atom stereocenters. The maximum atomic E-state index is 12.1. The van der Waals surface area contributed by atoms with Crippen molar-refractivity contribution in [1.82, 2.24) is 10.3 Å². The number of amides is 1. The quantitative estimate of drug-likeness (QED) is 0.820. The fraction of sp³-hybridized carbons (Fsp3) is 0.333. The van der Waals surface area contributed by atoms with Crippen LogP contribution < -0.4 is 10.1 Å². The zero-order valence-electron chi connectivity index (χ0n) is 13.5. The second-order valence-corrected chi connectivity index (χ2v) is 5.41. The molecule has 1 aromatic carbocycles. The standard InChI is InChI=1S/C18H22N2O3/c1-13-11-19-8-6-16(13)7-9-20-18(22)14(2)23-17-5-3-4-15(10-17)12-21/h3-6,8,10-11,14,21H,7,9,12H2,1-2H3,(H,20,22). The first-order valence-corrected chi connectivity index (χ1v) is 7.64. The highest BCUT2D eigenvalue weighted by Crippen LogP contribution is 2.15. The number of benzene rings is 1. The van der Waals surface area contributed by atoms with Crippen LogP contribution in [0.25, 0.3) is 0 Å². The van der Waals surface area contributed by atoms with Crippen LogP contribution in [0.4, 0.5) is 0 Å². The van der Waals surface area contributed by atoms with Crippen LogP contribution in [0.5, 0.6) is 5.75 Å². The minimum Gasteiger partial charge on any atom is -0.481 e. The molecule has 0 aliphatic heterocycles. The van der Waals surface area contributed by atoms with E-state index in [2.05, 4.69) is 10.3 Å². The molecule has 2 rings (SSSR count). The molecule has 0 bridgehead atoms. The third kappa shape index (κ3) is 5.07. The van der Waals surface area contributed by atoms with Crippen molar-refractivity contribution < 1.29 is 14.6 Å². The summed E-state index contributed by atoms with van der Waals surface area (Å²) in [6, 6.07) is 9.04. The summed E-state index contributed by atoms with van der Waals surface area (Å²) in [5.41, 5.74) is 3.04. The Morgan fingerprint density at radius 3 is 2.96 bits per heavy atom. The van der Waals surface area contributed by atoms with Gasteiger partial charge < -0.3 is 15.2 Å². The molecule has 1 heterocycles. The van der Waals surface area contributed by atoms with Crippen molar-refractivity contribution in [3.8, 4) is 5.75 Å². The van der Waals surface area contributed by atoms with Crippen molar-refractivity contribution in [3.63, 3.8) is 0 Å². The molecule has 5 heteroatoms. The molecular formula is C18H22N2O3. The Bertz CT molecular complexity index is 658. The van der Waals surface area contributed by atoms with E-state index in [1.165, 1.54) is 5.56 Å². The van der Waals surface area contributed by atoms with Crippen molar-refractivity contribution in [2.75, 3.05) is 6.54 Å². The van der Waals surface area contributed by atoms with Crippen molar-refractivity contribution >= 4 is 5.91 Å². The first-order chi connectivity index (χ1) is 11.1. The van der Waals surface area contributed by atoms with Gasteiger partial charge in [0.25, 0.3) is 5.91 Å². The van der Waals surface area contributed by atoms with Crippen molar-refractivity contribution in [3.05, 3.63) is 59.4 Å². The Kier molecular flexibility index (Phi) is 6.11. The number of rotatable bonds is 7. The lowest BCUT2D eigenvalue weighted by molar-refractivity contribution is -0.127. The number of carbonyl (C=O) groups is 1. The van der Waals surface area contributed by atoms with Crippen LogP contribution >= 0.6 is 0 Å². The fourth-order valence-electron chi connectivity index (χ4n) is 2.22. The van der Waals surface area contributed by atoms with Crippen molar-refractivity contribution in [1.29, 1.82) is 0 Å². The molecule has 1 atom stereocenters. The molecule has 0 saturated carbocycles. The molecule has 2 aromatic rings. The summed E-state index contributed by atoms with van der Waals surface area (Å²) in [4.78, 5) is 16.1. The molecule has 1 aromatic heterocycles. The zero-order chi connectivity index (χ0) is 16.7. The predicted octanol–water partition coefficient (Wildman–Crippen LogP) is 2.01. The Balaban J connectivity index is 1.82. The zero-order valence-corrected chi connectivity index (χ0v) is 13.5. The average Bonchev–Trinajstić information content (AvgIpc) is 2.56. The van der Waals surface area contributed by atoms with Gasteiger partial charge in [-0.25, -0.2) is 0 Å². The lowest BCUT2D eigenvalue weighted by Gasteiger charge is -2.15. The topological polar surface area (TPSA) is 71.5 Å². The summed E-state index contributed by atoms with van der Waals surface area (Å²) >= 11 is 0. The number of carbonyl (C=O) groups excluding carboxylic acids is 1. The van der Waals surface area contributed by atoms with Gasteiger partial charge in [0.2, 0.25) is 0 Å². The molecule has 1 amide bonds. The molecule has 0 aliphatic rings. The number of aliphatic hydroxyl groups excluding tert-OH is 1. The van der Waals surface area contributed by atoms with E-state index in [4.69, 9.17) is 9.84 Å². The van der Waals surface area contributed by atoms with Gasteiger partial charge in [-0.15, -0.1) is 0 Å². The Morgan fingerprint density at radius 1 is 1.39 bits per heavy atom. The number of hydrogen-bond donors (Lipinski definition) is 2. The van der Waals surface area contributed by atoms with Gasteiger partial charge >= 0.3 is 0 Å². The number of hydrogen-bond acceptors (Lipinski definition) is 4. The van der Waals surface area contributed by atoms with E-state index in [1.807, 2.05) is 19.2 Å². The summed E-state index contributed by atoms with van der Waals surface area (Å²) in [5, 5.41) is 12.0. The minimum atomic E-state index is -0.595. The van der Waals surface area contributed by atoms with Crippen LogP contribution in [0.2, 0.25) is 0 Å². The van der Waals surface area contributed by atoms with Crippen LogP contribution in [0.1, 0.15) is 23.6 Å². The maximum absolute atomic E-state index is 12.1. The molecule has 5 nitrogen and oxygen atoms in total.